The van der Waals surface area contributed by atoms with Crippen molar-refractivity contribution in [2.75, 3.05) is 13.2 Å². The van der Waals surface area contributed by atoms with Crippen LogP contribution in [0.15, 0.2) is 30.3 Å². The van der Waals surface area contributed by atoms with Crippen LogP contribution in [0.4, 0.5) is 0 Å². The molecule has 1 aliphatic heterocycles. The van der Waals surface area contributed by atoms with Crippen molar-refractivity contribution in [2.24, 2.45) is 11.7 Å². The standard InChI is InChI=1S/C17H24N2O3/c1-13-7-8-15(17(18)21)11-19(13)16(20)9-10-22-12-14-5-3-2-4-6-14/h2-6,13,15H,7-12H2,1H3,(H2,18,21). The minimum Gasteiger partial charge on any atom is -0.376 e. The van der Waals surface area contributed by atoms with E-state index in [1.54, 1.807) is 4.90 Å². The van der Waals surface area contributed by atoms with E-state index in [1.165, 1.54) is 0 Å². The Bertz CT molecular complexity index is 504. The number of nitrogens with zero attached hydrogens (tertiary/aromatic N) is 1. The van der Waals surface area contributed by atoms with Crippen LogP contribution in [0.1, 0.15) is 31.7 Å². The smallest absolute Gasteiger partial charge is 0.225 e. The number of likely N-dealkylation sites (tertiary alicyclic amines) is 1. The van der Waals surface area contributed by atoms with Crippen LogP contribution in [-0.2, 0) is 20.9 Å². The largest absolute Gasteiger partial charge is 0.376 e. The predicted molar refractivity (Wildman–Crippen MR) is 83.8 cm³/mol. The van der Waals surface area contributed by atoms with Gasteiger partial charge in [0.15, 0.2) is 0 Å². The summed E-state index contributed by atoms with van der Waals surface area (Å²) in [6, 6.07) is 10.0. The summed E-state index contributed by atoms with van der Waals surface area (Å²) in [6.07, 6.45) is 1.93. The van der Waals surface area contributed by atoms with Crippen molar-refractivity contribution < 1.29 is 14.3 Å². The molecule has 1 heterocycles. The number of hydrogen-bond acceptors (Lipinski definition) is 3. The zero-order valence-corrected chi connectivity index (χ0v) is 13.0. The van der Waals surface area contributed by atoms with E-state index in [-0.39, 0.29) is 23.8 Å². The molecule has 0 aromatic heterocycles. The molecule has 0 radical (unpaired) electrons. The van der Waals surface area contributed by atoms with E-state index in [4.69, 9.17) is 10.5 Å². The van der Waals surface area contributed by atoms with Crippen LogP contribution in [0.3, 0.4) is 0 Å². The number of carbonyl (C=O) groups excluding carboxylic acids is 2. The Morgan fingerprint density at radius 3 is 2.68 bits per heavy atom. The lowest BCUT2D eigenvalue weighted by molar-refractivity contribution is -0.138. The van der Waals surface area contributed by atoms with E-state index in [0.29, 0.717) is 26.2 Å². The molecule has 120 valence electrons. The van der Waals surface area contributed by atoms with Gasteiger partial charge >= 0.3 is 0 Å². The molecule has 1 saturated heterocycles. The molecule has 2 N–H and O–H groups in total. The highest BCUT2D eigenvalue weighted by Gasteiger charge is 2.31. The summed E-state index contributed by atoms with van der Waals surface area (Å²) in [5, 5.41) is 0. The van der Waals surface area contributed by atoms with E-state index in [0.717, 1.165) is 18.4 Å². The number of rotatable bonds is 6. The van der Waals surface area contributed by atoms with Crippen LogP contribution < -0.4 is 5.73 Å². The minimum atomic E-state index is -0.315. The third-order valence-electron chi connectivity index (χ3n) is 4.18. The first-order valence-electron chi connectivity index (χ1n) is 7.78. The van der Waals surface area contributed by atoms with Crippen LogP contribution in [0, 0.1) is 5.92 Å². The van der Waals surface area contributed by atoms with Gasteiger partial charge in [-0.3, -0.25) is 9.59 Å². The normalized spacial score (nSPS) is 21.6. The molecule has 1 aliphatic rings. The van der Waals surface area contributed by atoms with Gasteiger partial charge in [-0.2, -0.15) is 0 Å². The SMILES string of the molecule is CC1CCC(C(N)=O)CN1C(=O)CCOCc1ccccc1. The average molecular weight is 304 g/mol. The Morgan fingerprint density at radius 1 is 1.27 bits per heavy atom. The van der Waals surface area contributed by atoms with Crippen LogP contribution >= 0.6 is 0 Å². The Hall–Kier alpha value is -1.88. The maximum absolute atomic E-state index is 12.3. The van der Waals surface area contributed by atoms with Crippen molar-refractivity contribution in [3.8, 4) is 0 Å². The quantitative estimate of drug-likeness (QED) is 0.813. The van der Waals surface area contributed by atoms with Gasteiger partial charge in [0.05, 0.1) is 25.6 Å². The van der Waals surface area contributed by atoms with Gasteiger partial charge in [0.1, 0.15) is 0 Å². The monoisotopic (exact) mass is 304 g/mol. The fraction of sp³-hybridized carbons (Fsp3) is 0.529. The number of hydrogen-bond donors (Lipinski definition) is 1. The number of amides is 2. The highest BCUT2D eigenvalue weighted by molar-refractivity contribution is 5.80. The van der Waals surface area contributed by atoms with Crippen molar-refractivity contribution in [1.29, 1.82) is 0 Å². The van der Waals surface area contributed by atoms with Crippen molar-refractivity contribution in [3.63, 3.8) is 0 Å². The van der Waals surface area contributed by atoms with Crippen molar-refractivity contribution in [3.05, 3.63) is 35.9 Å². The number of primary amides is 1. The van der Waals surface area contributed by atoms with E-state index < -0.39 is 0 Å². The first-order valence-corrected chi connectivity index (χ1v) is 7.78. The molecular formula is C17H24N2O3. The molecule has 2 unspecified atom stereocenters. The second-order valence-electron chi connectivity index (χ2n) is 5.86. The first kappa shape index (κ1) is 16.5. The summed E-state index contributed by atoms with van der Waals surface area (Å²) in [7, 11) is 0. The molecular weight excluding hydrogens is 280 g/mol. The number of piperidine rings is 1. The van der Waals surface area contributed by atoms with Crippen molar-refractivity contribution in [1.82, 2.24) is 4.90 Å². The third kappa shape index (κ3) is 4.56. The summed E-state index contributed by atoms with van der Waals surface area (Å²) in [5.41, 5.74) is 6.45. The van der Waals surface area contributed by atoms with Gasteiger partial charge in [-0.1, -0.05) is 30.3 Å². The number of ether oxygens (including phenoxy) is 1. The molecule has 5 heteroatoms. The molecule has 2 amide bonds. The summed E-state index contributed by atoms with van der Waals surface area (Å²) >= 11 is 0. The molecule has 0 aliphatic carbocycles. The maximum Gasteiger partial charge on any atom is 0.225 e. The zero-order valence-electron chi connectivity index (χ0n) is 13.0. The lowest BCUT2D eigenvalue weighted by Crippen LogP contribution is -2.48. The second kappa shape index (κ2) is 7.94. The Kier molecular flexibility index (Phi) is 5.95. The molecule has 0 spiro atoms. The van der Waals surface area contributed by atoms with Crippen LogP contribution in [0.2, 0.25) is 0 Å². The van der Waals surface area contributed by atoms with Gasteiger partial charge < -0.3 is 15.4 Å². The van der Waals surface area contributed by atoms with Crippen LogP contribution in [0.5, 0.6) is 0 Å². The summed E-state index contributed by atoms with van der Waals surface area (Å²) in [5.74, 6) is -0.498. The minimum absolute atomic E-state index is 0.0338. The number of benzene rings is 1. The van der Waals surface area contributed by atoms with Gasteiger partial charge in [-0.25, -0.2) is 0 Å². The molecule has 22 heavy (non-hydrogen) atoms. The van der Waals surface area contributed by atoms with E-state index in [2.05, 4.69) is 0 Å². The van der Waals surface area contributed by atoms with Gasteiger partial charge in [0.25, 0.3) is 0 Å². The van der Waals surface area contributed by atoms with Gasteiger partial charge in [-0.15, -0.1) is 0 Å². The molecule has 2 atom stereocenters. The molecule has 0 saturated carbocycles. The van der Waals surface area contributed by atoms with Crippen molar-refractivity contribution in [2.45, 2.75) is 38.8 Å². The highest BCUT2D eigenvalue weighted by atomic mass is 16.5. The molecule has 0 bridgehead atoms. The van der Waals surface area contributed by atoms with Crippen molar-refractivity contribution >= 4 is 11.8 Å². The lowest BCUT2D eigenvalue weighted by atomic mass is 9.92. The fourth-order valence-corrected chi connectivity index (χ4v) is 2.75. The lowest BCUT2D eigenvalue weighted by Gasteiger charge is -2.37. The highest BCUT2D eigenvalue weighted by Crippen LogP contribution is 2.22. The van der Waals surface area contributed by atoms with Gasteiger partial charge in [0.2, 0.25) is 11.8 Å². The molecule has 1 fully saturated rings. The summed E-state index contributed by atoms with van der Waals surface area (Å²) < 4.78 is 5.55. The van der Waals surface area contributed by atoms with Crippen LogP contribution in [0.25, 0.3) is 0 Å². The zero-order chi connectivity index (χ0) is 15.9. The molecule has 1 aromatic carbocycles. The van der Waals surface area contributed by atoms with E-state index >= 15 is 0 Å². The number of carbonyl (C=O) groups is 2. The first-order chi connectivity index (χ1) is 10.6. The summed E-state index contributed by atoms with van der Waals surface area (Å²) in [4.78, 5) is 25.4. The topological polar surface area (TPSA) is 72.6 Å². The fourth-order valence-electron chi connectivity index (χ4n) is 2.75. The Morgan fingerprint density at radius 2 is 2.00 bits per heavy atom. The molecule has 5 nitrogen and oxygen atoms in total. The van der Waals surface area contributed by atoms with Gasteiger partial charge in [0, 0.05) is 12.6 Å². The van der Waals surface area contributed by atoms with E-state index in [9.17, 15) is 9.59 Å². The summed E-state index contributed by atoms with van der Waals surface area (Å²) in [6.45, 7) is 3.35. The maximum atomic E-state index is 12.3. The molecule has 1 aromatic rings. The van der Waals surface area contributed by atoms with Crippen LogP contribution in [-0.4, -0.2) is 35.9 Å². The molecule has 2 rings (SSSR count). The average Bonchev–Trinajstić information content (AvgIpc) is 2.52. The third-order valence-corrected chi connectivity index (χ3v) is 4.18. The Balaban J connectivity index is 1.75. The predicted octanol–water partition coefficient (Wildman–Crippen LogP) is 1.71. The Labute approximate surface area is 131 Å². The van der Waals surface area contributed by atoms with E-state index in [1.807, 2.05) is 37.3 Å². The number of nitrogens with two attached hydrogens (primary N) is 1. The second-order valence-corrected chi connectivity index (χ2v) is 5.86. The van der Waals surface area contributed by atoms with Gasteiger partial charge in [-0.05, 0) is 25.3 Å².